The minimum Gasteiger partial charge on any atom is -0.390 e. The molecular weight excluding hydrogens is 236 g/mol. The van der Waals surface area contributed by atoms with E-state index in [1.165, 1.54) is 11.8 Å². The summed E-state index contributed by atoms with van der Waals surface area (Å²) in [4.78, 5) is 12.8. The third-order valence-electron chi connectivity index (χ3n) is 2.34. The lowest BCUT2D eigenvalue weighted by atomic mass is 10.4. The van der Waals surface area contributed by atoms with E-state index < -0.39 is 0 Å². The van der Waals surface area contributed by atoms with E-state index in [0.29, 0.717) is 0 Å². The fourth-order valence-corrected chi connectivity index (χ4v) is 2.45. The highest BCUT2D eigenvalue weighted by Crippen LogP contribution is 2.25. The predicted molar refractivity (Wildman–Crippen MR) is 64.8 cm³/mol. The molecule has 6 heteroatoms. The van der Waals surface area contributed by atoms with Crippen molar-refractivity contribution in [3.05, 3.63) is 29.5 Å². The van der Waals surface area contributed by atoms with Gasteiger partial charge in [0.05, 0.1) is 18.5 Å². The van der Waals surface area contributed by atoms with Crippen LogP contribution in [-0.4, -0.2) is 24.6 Å². The van der Waals surface area contributed by atoms with Gasteiger partial charge in [-0.1, -0.05) is 0 Å². The molecule has 0 saturated carbocycles. The van der Waals surface area contributed by atoms with Gasteiger partial charge in [-0.15, -0.1) is 0 Å². The number of hydrogen-bond acceptors (Lipinski definition) is 5. The fraction of sp³-hybridized carbons (Fsp3) is 0.364. The van der Waals surface area contributed by atoms with E-state index in [0.717, 1.165) is 27.4 Å². The largest absolute Gasteiger partial charge is 0.390 e. The molecule has 0 atom stereocenters. The summed E-state index contributed by atoms with van der Waals surface area (Å²) in [5.41, 5.74) is 1.73. The number of nitrogens with zero attached hydrogens (tertiary/aromatic N) is 4. The Morgan fingerprint density at radius 1 is 1.35 bits per heavy atom. The van der Waals surface area contributed by atoms with Crippen LogP contribution in [0.3, 0.4) is 0 Å². The Labute approximate surface area is 104 Å². The Balaban J connectivity index is 2.28. The molecule has 0 spiro atoms. The number of aryl methyl sites for hydroxylation is 2. The molecule has 90 valence electrons. The zero-order valence-corrected chi connectivity index (χ0v) is 10.8. The number of rotatable bonds is 3. The van der Waals surface area contributed by atoms with Crippen LogP contribution >= 0.6 is 11.8 Å². The van der Waals surface area contributed by atoms with Crippen molar-refractivity contribution in [3.8, 4) is 0 Å². The minimum absolute atomic E-state index is 0.00805. The number of hydrogen-bond donors (Lipinski definition) is 1. The van der Waals surface area contributed by atoms with Crippen LogP contribution in [0, 0.1) is 13.8 Å². The molecule has 0 aliphatic rings. The van der Waals surface area contributed by atoms with E-state index in [1.54, 1.807) is 6.20 Å². The normalized spacial score (nSPS) is 10.8. The first-order valence-electron chi connectivity index (χ1n) is 5.21. The summed E-state index contributed by atoms with van der Waals surface area (Å²) >= 11 is 1.47. The van der Waals surface area contributed by atoms with Gasteiger partial charge in [-0.3, -0.25) is 0 Å². The summed E-state index contributed by atoms with van der Waals surface area (Å²) in [6, 6.07) is 1.92. The lowest BCUT2D eigenvalue weighted by molar-refractivity contribution is 0.271. The van der Waals surface area contributed by atoms with Gasteiger partial charge in [0.15, 0.2) is 5.16 Å². The molecule has 0 fully saturated rings. The molecule has 0 bridgehead atoms. The molecule has 0 unspecified atom stereocenters. The Morgan fingerprint density at radius 2 is 2.12 bits per heavy atom. The van der Waals surface area contributed by atoms with E-state index in [9.17, 15) is 0 Å². The zero-order valence-electron chi connectivity index (χ0n) is 10.0. The SMILES string of the molecule is Cc1cc(Sc2ncc(CO)n2C)nc(C)n1. The Kier molecular flexibility index (Phi) is 3.44. The molecular formula is C11H14N4OS. The Bertz CT molecular complexity index is 518. The highest BCUT2D eigenvalue weighted by molar-refractivity contribution is 7.99. The van der Waals surface area contributed by atoms with Crippen molar-refractivity contribution >= 4 is 11.8 Å². The number of aliphatic hydroxyl groups excluding tert-OH is 1. The van der Waals surface area contributed by atoms with Gasteiger partial charge < -0.3 is 9.67 Å². The average molecular weight is 250 g/mol. The average Bonchev–Trinajstić information content (AvgIpc) is 2.58. The molecule has 0 saturated heterocycles. The quantitative estimate of drug-likeness (QED) is 0.836. The van der Waals surface area contributed by atoms with Gasteiger partial charge in [-0.05, 0) is 31.7 Å². The fourth-order valence-electron chi connectivity index (χ4n) is 1.50. The van der Waals surface area contributed by atoms with Crippen LogP contribution in [0.25, 0.3) is 0 Å². The molecule has 0 aliphatic carbocycles. The first kappa shape index (κ1) is 12.1. The predicted octanol–water partition coefficient (Wildman–Crippen LogP) is 1.47. The van der Waals surface area contributed by atoms with Crippen LogP contribution in [-0.2, 0) is 13.7 Å². The van der Waals surface area contributed by atoms with Crippen LogP contribution < -0.4 is 0 Å². The number of imidazole rings is 1. The van der Waals surface area contributed by atoms with Gasteiger partial charge in [-0.25, -0.2) is 15.0 Å². The summed E-state index contributed by atoms with van der Waals surface area (Å²) in [5.74, 6) is 0.754. The van der Waals surface area contributed by atoms with Gasteiger partial charge in [0, 0.05) is 12.7 Å². The lowest BCUT2D eigenvalue weighted by Gasteiger charge is -2.04. The maximum Gasteiger partial charge on any atom is 0.174 e. The first-order chi connectivity index (χ1) is 8.10. The van der Waals surface area contributed by atoms with Crippen molar-refractivity contribution in [1.82, 2.24) is 19.5 Å². The van der Waals surface area contributed by atoms with Crippen LogP contribution in [0.5, 0.6) is 0 Å². The maximum absolute atomic E-state index is 9.09. The van der Waals surface area contributed by atoms with Crippen molar-refractivity contribution in [2.45, 2.75) is 30.6 Å². The van der Waals surface area contributed by atoms with Crippen LogP contribution in [0.2, 0.25) is 0 Å². The molecule has 2 aromatic rings. The van der Waals surface area contributed by atoms with E-state index in [4.69, 9.17) is 5.11 Å². The van der Waals surface area contributed by atoms with Crippen molar-refractivity contribution in [2.75, 3.05) is 0 Å². The topological polar surface area (TPSA) is 63.8 Å². The van der Waals surface area contributed by atoms with E-state index in [1.807, 2.05) is 31.5 Å². The Hall–Kier alpha value is -1.40. The molecule has 2 heterocycles. The van der Waals surface area contributed by atoms with Crippen LogP contribution in [0.4, 0.5) is 0 Å². The van der Waals surface area contributed by atoms with Gasteiger partial charge in [0.25, 0.3) is 0 Å². The van der Waals surface area contributed by atoms with Crippen LogP contribution in [0.15, 0.2) is 22.4 Å². The van der Waals surface area contributed by atoms with E-state index in [2.05, 4.69) is 15.0 Å². The lowest BCUT2D eigenvalue weighted by Crippen LogP contribution is -1.98. The Morgan fingerprint density at radius 3 is 2.71 bits per heavy atom. The van der Waals surface area contributed by atoms with E-state index >= 15 is 0 Å². The molecule has 17 heavy (non-hydrogen) atoms. The molecule has 0 radical (unpaired) electrons. The molecule has 2 rings (SSSR count). The van der Waals surface area contributed by atoms with Gasteiger partial charge in [0.2, 0.25) is 0 Å². The standard InChI is InChI=1S/C11H14N4OS/c1-7-4-10(14-8(2)13-7)17-11-12-5-9(6-16)15(11)3/h4-5,16H,6H2,1-3H3. The summed E-state index contributed by atoms with van der Waals surface area (Å²) in [6.07, 6.45) is 1.67. The second-order valence-corrected chi connectivity index (χ2v) is 4.73. The summed E-state index contributed by atoms with van der Waals surface area (Å²) in [7, 11) is 1.88. The smallest absolute Gasteiger partial charge is 0.174 e. The van der Waals surface area contributed by atoms with Crippen molar-refractivity contribution in [1.29, 1.82) is 0 Å². The highest BCUT2D eigenvalue weighted by Gasteiger charge is 2.09. The second kappa shape index (κ2) is 4.85. The van der Waals surface area contributed by atoms with Crippen molar-refractivity contribution in [3.63, 3.8) is 0 Å². The minimum atomic E-state index is -0.00805. The third kappa shape index (κ3) is 2.65. The van der Waals surface area contributed by atoms with Gasteiger partial charge in [-0.2, -0.15) is 0 Å². The maximum atomic E-state index is 9.09. The monoisotopic (exact) mass is 250 g/mol. The van der Waals surface area contributed by atoms with Crippen molar-refractivity contribution in [2.24, 2.45) is 7.05 Å². The summed E-state index contributed by atoms with van der Waals surface area (Å²) in [5, 5.41) is 10.8. The second-order valence-electron chi connectivity index (χ2n) is 3.75. The molecule has 1 N–H and O–H groups in total. The number of aliphatic hydroxyl groups is 1. The number of aromatic nitrogens is 4. The molecule has 0 amide bonds. The molecule has 0 aliphatic heterocycles. The molecule has 0 aromatic carbocycles. The highest BCUT2D eigenvalue weighted by atomic mass is 32.2. The van der Waals surface area contributed by atoms with Crippen molar-refractivity contribution < 1.29 is 5.11 Å². The van der Waals surface area contributed by atoms with Gasteiger partial charge in [0.1, 0.15) is 10.9 Å². The summed E-state index contributed by atoms with van der Waals surface area (Å²) in [6.45, 7) is 3.80. The molecule has 5 nitrogen and oxygen atoms in total. The summed E-state index contributed by atoms with van der Waals surface area (Å²) < 4.78 is 1.86. The van der Waals surface area contributed by atoms with Gasteiger partial charge >= 0.3 is 0 Å². The van der Waals surface area contributed by atoms with Crippen LogP contribution in [0.1, 0.15) is 17.2 Å². The molecule has 2 aromatic heterocycles. The third-order valence-corrected chi connectivity index (χ3v) is 3.32. The zero-order chi connectivity index (χ0) is 12.4. The van der Waals surface area contributed by atoms with E-state index in [-0.39, 0.29) is 6.61 Å². The first-order valence-corrected chi connectivity index (χ1v) is 6.03.